The van der Waals surface area contributed by atoms with Crippen LogP contribution >= 0.6 is 0 Å². The standard InChI is InChI=1S/C22H32N4O/c1-5-20-17(3)24-26(18(20)4)15-22(27)23-11-13-25-12-10-19(14-25)21-9-7-6-8-16(21)2/h6-9,19H,5,10-15H2,1-4H3,(H,23,27)/t19-/m1/s1. The van der Waals surface area contributed by atoms with E-state index >= 15 is 0 Å². The lowest BCUT2D eigenvalue weighted by Crippen LogP contribution is -2.35. The summed E-state index contributed by atoms with van der Waals surface area (Å²) in [4.78, 5) is 14.7. The van der Waals surface area contributed by atoms with Crippen molar-refractivity contribution in [3.8, 4) is 0 Å². The summed E-state index contributed by atoms with van der Waals surface area (Å²) in [6.07, 6.45) is 2.15. The molecule has 1 fully saturated rings. The molecule has 3 rings (SSSR count). The number of aryl methyl sites for hydroxylation is 2. The van der Waals surface area contributed by atoms with E-state index < -0.39 is 0 Å². The molecule has 1 amide bonds. The molecule has 146 valence electrons. The maximum Gasteiger partial charge on any atom is 0.241 e. The van der Waals surface area contributed by atoms with Gasteiger partial charge in [-0.15, -0.1) is 0 Å². The molecule has 1 aromatic heterocycles. The summed E-state index contributed by atoms with van der Waals surface area (Å²) in [6.45, 7) is 12.5. The highest BCUT2D eigenvalue weighted by atomic mass is 16.2. The monoisotopic (exact) mass is 368 g/mol. The van der Waals surface area contributed by atoms with E-state index in [4.69, 9.17) is 0 Å². The van der Waals surface area contributed by atoms with E-state index in [1.54, 1.807) is 0 Å². The first-order chi connectivity index (χ1) is 13.0. The Hall–Kier alpha value is -2.14. The largest absolute Gasteiger partial charge is 0.353 e. The molecule has 5 heteroatoms. The van der Waals surface area contributed by atoms with Crippen LogP contribution in [0.25, 0.3) is 0 Å². The summed E-state index contributed by atoms with van der Waals surface area (Å²) in [5.74, 6) is 0.655. The van der Waals surface area contributed by atoms with Crippen molar-refractivity contribution in [2.45, 2.75) is 53.0 Å². The molecule has 0 radical (unpaired) electrons. The molecule has 0 aliphatic carbocycles. The second kappa shape index (κ2) is 8.70. The van der Waals surface area contributed by atoms with Crippen molar-refractivity contribution in [3.05, 3.63) is 52.3 Å². The van der Waals surface area contributed by atoms with Gasteiger partial charge in [0.05, 0.1) is 5.69 Å². The fourth-order valence-electron chi connectivity index (χ4n) is 4.28. The van der Waals surface area contributed by atoms with Crippen LogP contribution in [0.2, 0.25) is 0 Å². The number of hydrogen-bond acceptors (Lipinski definition) is 3. The fourth-order valence-corrected chi connectivity index (χ4v) is 4.28. The second-order valence-corrected chi connectivity index (χ2v) is 7.65. The molecule has 5 nitrogen and oxygen atoms in total. The van der Waals surface area contributed by atoms with Gasteiger partial charge in [0.15, 0.2) is 0 Å². The van der Waals surface area contributed by atoms with Crippen LogP contribution in [0.3, 0.4) is 0 Å². The highest BCUT2D eigenvalue weighted by molar-refractivity contribution is 5.75. The van der Waals surface area contributed by atoms with Crippen molar-refractivity contribution < 1.29 is 4.79 Å². The zero-order chi connectivity index (χ0) is 19.4. The minimum atomic E-state index is 0.0397. The Balaban J connectivity index is 1.44. The van der Waals surface area contributed by atoms with Crippen molar-refractivity contribution in [3.63, 3.8) is 0 Å². The number of nitrogens with one attached hydrogen (secondary N) is 1. The summed E-state index contributed by atoms with van der Waals surface area (Å²) in [7, 11) is 0. The summed E-state index contributed by atoms with van der Waals surface area (Å²) in [5, 5.41) is 7.56. The quantitative estimate of drug-likeness (QED) is 0.817. The molecule has 1 saturated heterocycles. The van der Waals surface area contributed by atoms with Gasteiger partial charge in [-0.2, -0.15) is 5.10 Å². The normalized spacial score (nSPS) is 17.4. The lowest BCUT2D eigenvalue weighted by Gasteiger charge is -2.17. The molecule has 0 saturated carbocycles. The van der Waals surface area contributed by atoms with E-state index in [1.165, 1.54) is 23.1 Å². The van der Waals surface area contributed by atoms with E-state index in [9.17, 15) is 4.79 Å². The van der Waals surface area contributed by atoms with Crippen LogP contribution in [0.1, 0.15) is 47.3 Å². The Labute approximate surface area is 162 Å². The third-order valence-corrected chi connectivity index (χ3v) is 5.83. The summed E-state index contributed by atoms with van der Waals surface area (Å²) in [6, 6.07) is 8.69. The zero-order valence-corrected chi connectivity index (χ0v) is 17.1. The molecule has 0 spiro atoms. The Morgan fingerprint density at radius 3 is 2.74 bits per heavy atom. The molecule has 1 aromatic carbocycles. The van der Waals surface area contributed by atoms with Gasteiger partial charge in [-0.1, -0.05) is 31.2 Å². The van der Waals surface area contributed by atoms with Gasteiger partial charge in [-0.05, 0) is 62.8 Å². The molecule has 1 N–H and O–H groups in total. The van der Waals surface area contributed by atoms with E-state index in [0.29, 0.717) is 19.0 Å². The van der Waals surface area contributed by atoms with Crippen LogP contribution in [0.5, 0.6) is 0 Å². The van der Waals surface area contributed by atoms with E-state index in [-0.39, 0.29) is 5.91 Å². The van der Waals surface area contributed by atoms with Gasteiger partial charge in [0, 0.05) is 25.3 Å². The maximum absolute atomic E-state index is 12.3. The predicted octanol–water partition coefficient (Wildman–Crippen LogP) is 2.98. The van der Waals surface area contributed by atoms with Gasteiger partial charge >= 0.3 is 0 Å². The lowest BCUT2D eigenvalue weighted by molar-refractivity contribution is -0.121. The van der Waals surface area contributed by atoms with Crippen molar-refractivity contribution in [1.29, 1.82) is 0 Å². The number of nitrogens with zero attached hydrogens (tertiary/aromatic N) is 3. The maximum atomic E-state index is 12.3. The molecule has 1 aliphatic rings. The number of carbonyl (C=O) groups is 1. The number of carbonyl (C=O) groups excluding carboxylic acids is 1. The number of benzene rings is 1. The van der Waals surface area contributed by atoms with Gasteiger partial charge in [0.2, 0.25) is 5.91 Å². The van der Waals surface area contributed by atoms with E-state index in [1.807, 2.05) is 18.5 Å². The molecule has 2 heterocycles. The van der Waals surface area contributed by atoms with Crippen molar-refractivity contribution in [1.82, 2.24) is 20.0 Å². The molecule has 2 aromatic rings. The van der Waals surface area contributed by atoms with Crippen LogP contribution in [0, 0.1) is 20.8 Å². The highest BCUT2D eigenvalue weighted by Crippen LogP contribution is 2.28. The van der Waals surface area contributed by atoms with Crippen LogP contribution in [-0.2, 0) is 17.8 Å². The molecule has 0 bridgehead atoms. The minimum absolute atomic E-state index is 0.0397. The summed E-state index contributed by atoms with van der Waals surface area (Å²) in [5.41, 5.74) is 6.24. The molecule has 0 unspecified atom stereocenters. The van der Waals surface area contributed by atoms with Crippen LogP contribution in [0.4, 0.5) is 0 Å². The molecule has 1 aliphatic heterocycles. The first-order valence-electron chi connectivity index (χ1n) is 10.1. The van der Waals surface area contributed by atoms with Gasteiger partial charge < -0.3 is 10.2 Å². The minimum Gasteiger partial charge on any atom is -0.353 e. The predicted molar refractivity (Wildman–Crippen MR) is 109 cm³/mol. The molecular formula is C22H32N4O. The smallest absolute Gasteiger partial charge is 0.241 e. The van der Waals surface area contributed by atoms with Crippen LogP contribution in [0.15, 0.2) is 24.3 Å². The topological polar surface area (TPSA) is 50.2 Å². The third-order valence-electron chi connectivity index (χ3n) is 5.83. The first-order valence-corrected chi connectivity index (χ1v) is 10.1. The fraction of sp³-hybridized carbons (Fsp3) is 0.545. The average molecular weight is 369 g/mol. The van der Waals surface area contributed by atoms with Gasteiger partial charge in [0.1, 0.15) is 6.54 Å². The van der Waals surface area contributed by atoms with Crippen LogP contribution in [-0.4, -0.2) is 46.8 Å². The Bertz CT molecular complexity index is 796. The average Bonchev–Trinajstić information content (AvgIpc) is 3.20. The van der Waals surface area contributed by atoms with Crippen LogP contribution < -0.4 is 5.32 Å². The van der Waals surface area contributed by atoms with Gasteiger partial charge in [0.25, 0.3) is 0 Å². The Morgan fingerprint density at radius 1 is 1.26 bits per heavy atom. The van der Waals surface area contributed by atoms with E-state index in [0.717, 1.165) is 37.4 Å². The lowest BCUT2D eigenvalue weighted by atomic mass is 9.94. The highest BCUT2D eigenvalue weighted by Gasteiger charge is 2.24. The number of rotatable bonds is 7. The molecule has 27 heavy (non-hydrogen) atoms. The van der Waals surface area contributed by atoms with E-state index in [2.05, 4.69) is 53.4 Å². The molecule has 1 atom stereocenters. The Morgan fingerprint density at radius 2 is 2.04 bits per heavy atom. The summed E-state index contributed by atoms with van der Waals surface area (Å²) >= 11 is 0. The Kier molecular flexibility index (Phi) is 6.32. The SMILES string of the molecule is CCc1c(C)nn(CC(=O)NCCN2CC[C@@H](c3ccccc3C)C2)c1C. The first kappa shape index (κ1) is 19.6. The van der Waals surface area contributed by atoms with Crippen molar-refractivity contribution in [2.24, 2.45) is 0 Å². The number of hydrogen-bond donors (Lipinski definition) is 1. The van der Waals surface area contributed by atoms with Gasteiger partial charge in [-0.25, -0.2) is 0 Å². The van der Waals surface area contributed by atoms with Crippen molar-refractivity contribution >= 4 is 5.91 Å². The number of likely N-dealkylation sites (tertiary alicyclic amines) is 1. The number of aromatic nitrogens is 2. The van der Waals surface area contributed by atoms with Gasteiger partial charge in [-0.3, -0.25) is 9.48 Å². The third kappa shape index (κ3) is 4.59. The zero-order valence-electron chi connectivity index (χ0n) is 17.1. The summed E-state index contributed by atoms with van der Waals surface area (Å²) < 4.78 is 1.83. The molecular weight excluding hydrogens is 336 g/mol. The number of amides is 1. The van der Waals surface area contributed by atoms with Crippen molar-refractivity contribution in [2.75, 3.05) is 26.2 Å². The second-order valence-electron chi connectivity index (χ2n) is 7.65.